The molecule has 2 aromatic heterocycles. The predicted molar refractivity (Wildman–Crippen MR) is 68.4 cm³/mol. The first-order chi connectivity index (χ1) is 12.9. The van der Waals surface area contributed by atoms with Crippen molar-refractivity contribution in [1.29, 1.82) is 0 Å². The standard InChI is InChI=1S/C14H18N2O/c1-9(2)13-12(14(17)10(3)4)11-7-5-6-8-16(11)15-13/h5-10H,1-4H3/i1D3,2D3,3D3,4D3. The summed E-state index contributed by atoms with van der Waals surface area (Å²) in [4.78, 5) is 13.2. The molecular formula is C14H18N2O. The summed E-state index contributed by atoms with van der Waals surface area (Å²) in [5.74, 6) is -6.10. The smallest absolute Gasteiger partial charge is 0.169 e. The van der Waals surface area contributed by atoms with E-state index >= 15 is 0 Å². The van der Waals surface area contributed by atoms with Crippen molar-refractivity contribution in [3.05, 3.63) is 35.7 Å². The maximum atomic E-state index is 13.2. The minimum absolute atomic E-state index is 0.0792. The number of carbonyl (C=O) groups is 1. The highest BCUT2D eigenvalue weighted by Crippen LogP contribution is 2.25. The van der Waals surface area contributed by atoms with Crippen LogP contribution in [0.5, 0.6) is 0 Å². The lowest BCUT2D eigenvalue weighted by Gasteiger charge is -2.07. The molecule has 90 valence electrons. The number of fused-ring (bicyclic) bond motifs is 1. The Morgan fingerprint density at radius 1 is 1.35 bits per heavy atom. The molecule has 0 N–H and O–H groups in total. The van der Waals surface area contributed by atoms with Crippen LogP contribution in [0.4, 0.5) is 0 Å². The Balaban J connectivity index is 2.89. The van der Waals surface area contributed by atoms with Crippen LogP contribution in [-0.4, -0.2) is 15.4 Å². The van der Waals surface area contributed by atoms with Gasteiger partial charge < -0.3 is 0 Å². The minimum atomic E-state index is -3.24. The van der Waals surface area contributed by atoms with E-state index in [1.165, 1.54) is 24.4 Å². The molecular weight excluding hydrogens is 212 g/mol. The second kappa shape index (κ2) is 4.32. The molecule has 0 fully saturated rings. The molecule has 0 saturated heterocycles. The van der Waals surface area contributed by atoms with E-state index in [4.69, 9.17) is 16.4 Å². The van der Waals surface area contributed by atoms with E-state index in [0.29, 0.717) is 0 Å². The van der Waals surface area contributed by atoms with E-state index in [1.54, 1.807) is 0 Å². The SMILES string of the molecule is [2H]C([2H])([2H])C(C(=O)c1c(C(C([2H])([2H])[2H])C([2H])([2H])[2H])nn2ccccc12)C([2H])([2H])[2H]. The fourth-order valence-electron chi connectivity index (χ4n) is 1.62. The number of rotatable bonds is 3. The summed E-state index contributed by atoms with van der Waals surface area (Å²) in [5, 5.41) is 3.92. The van der Waals surface area contributed by atoms with Gasteiger partial charge in [0.05, 0.1) is 16.8 Å². The van der Waals surface area contributed by atoms with Crippen LogP contribution in [0.3, 0.4) is 0 Å². The number of nitrogens with zero attached hydrogens (tertiary/aromatic N) is 2. The van der Waals surface area contributed by atoms with Crippen molar-refractivity contribution in [2.24, 2.45) is 5.92 Å². The lowest BCUT2D eigenvalue weighted by Crippen LogP contribution is -2.10. The zero-order valence-corrected chi connectivity index (χ0v) is 8.77. The second-order valence-electron chi connectivity index (χ2n) is 3.52. The average Bonchev–Trinajstić information content (AvgIpc) is 2.78. The van der Waals surface area contributed by atoms with Crippen LogP contribution in [0.2, 0.25) is 0 Å². The third kappa shape index (κ3) is 1.97. The fourth-order valence-corrected chi connectivity index (χ4v) is 1.62. The summed E-state index contributed by atoms with van der Waals surface area (Å²) in [7, 11) is 0. The third-order valence-electron chi connectivity index (χ3n) is 2.35. The number of pyridine rings is 1. The Hall–Kier alpha value is -1.64. The summed E-state index contributed by atoms with van der Waals surface area (Å²) in [6.07, 6.45) is 1.31. The zero-order valence-electron chi connectivity index (χ0n) is 20.8. The Labute approximate surface area is 118 Å². The summed E-state index contributed by atoms with van der Waals surface area (Å²) in [6, 6.07) is 4.22. The van der Waals surface area contributed by atoms with Gasteiger partial charge >= 0.3 is 0 Å². The lowest BCUT2D eigenvalue weighted by molar-refractivity contribution is 0.0939. The minimum Gasteiger partial charge on any atom is -0.294 e. The van der Waals surface area contributed by atoms with Gasteiger partial charge in [0.25, 0.3) is 0 Å². The molecule has 0 aliphatic carbocycles. The fraction of sp³-hybridized carbons (Fsp3) is 0.429. The van der Waals surface area contributed by atoms with Gasteiger partial charge in [0.15, 0.2) is 5.78 Å². The van der Waals surface area contributed by atoms with Crippen LogP contribution < -0.4 is 0 Å². The molecule has 3 heteroatoms. The molecule has 2 rings (SSSR count). The normalized spacial score (nSPS) is 25.1. The van der Waals surface area contributed by atoms with Crippen LogP contribution in [0.1, 0.15) is 65.8 Å². The molecule has 0 bridgehead atoms. The maximum absolute atomic E-state index is 13.2. The Bertz CT molecular complexity index is 874. The molecule has 0 aromatic carbocycles. The molecule has 0 aliphatic heterocycles. The summed E-state index contributed by atoms with van der Waals surface area (Å²) < 4.78 is 91.9. The molecule has 0 saturated carbocycles. The van der Waals surface area contributed by atoms with E-state index in [2.05, 4.69) is 5.10 Å². The highest BCUT2D eigenvalue weighted by molar-refractivity contribution is 6.04. The van der Waals surface area contributed by atoms with Crippen LogP contribution >= 0.6 is 0 Å². The number of carbonyl (C=O) groups excluding carboxylic acids is 1. The molecule has 2 heterocycles. The van der Waals surface area contributed by atoms with Crippen molar-refractivity contribution in [1.82, 2.24) is 9.61 Å². The van der Waals surface area contributed by atoms with Crippen molar-refractivity contribution in [2.75, 3.05) is 0 Å². The summed E-state index contributed by atoms with van der Waals surface area (Å²) in [6.45, 7) is -12.7. The van der Waals surface area contributed by atoms with Crippen molar-refractivity contribution in [2.45, 2.75) is 33.3 Å². The molecule has 0 spiro atoms. The van der Waals surface area contributed by atoms with Crippen LogP contribution in [0, 0.1) is 5.92 Å². The second-order valence-corrected chi connectivity index (χ2v) is 3.52. The monoisotopic (exact) mass is 242 g/mol. The Kier molecular flexibility index (Phi) is 1.00. The van der Waals surface area contributed by atoms with Gasteiger partial charge in [-0.05, 0) is 18.1 Å². The van der Waals surface area contributed by atoms with Crippen LogP contribution in [0.15, 0.2) is 24.4 Å². The van der Waals surface area contributed by atoms with E-state index in [1.807, 2.05) is 0 Å². The summed E-state index contributed by atoms with van der Waals surface area (Å²) >= 11 is 0. The number of hydrogen-bond donors (Lipinski definition) is 0. The quantitative estimate of drug-likeness (QED) is 0.774. The first kappa shape index (κ1) is 3.94. The van der Waals surface area contributed by atoms with E-state index < -0.39 is 56.3 Å². The van der Waals surface area contributed by atoms with Crippen molar-refractivity contribution in [3.63, 3.8) is 0 Å². The zero-order chi connectivity index (χ0) is 22.6. The van der Waals surface area contributed by atoms with Crippen molar-refractivity contribution < 1.29 is 21.2 Å². The Morgan fingerprint density at radius 2 is 2.18 bits per heavy atom. The highest BCUT2D eigenvalue weighted by atomic mass is 16.1. The van der Waals surface area contributed by atoms with Gasteiger partial charge in [-0.15, -0.1) is 0 Å². The number of aromatic nitrogens is 2. The molecule has 3 nitrogen and oxygen atoms in total. The molecule has 0 aliphatic rings. The lowest BCUT2D eigenvalue weighted by atomic mass is 9.95. The van der Waals surface area contributed by atoms with Gasteiger partial charge in [-0.3, -0.25) is 4.79 Å². The van der Waals surface area contributed by atoms with E-state index in [9.17, 15) is 4.79 Å². The number of ketones is 1. The largest absolute Gasteiger partial charge is 0.294 e. The molecule has 0 unspecified atom stereocenters. The third-order valence-corrected chi connectivity index (χ3v) is 2.35. The van der Waals surface area contributed by atoms with Crippen LogP contribution in [0.25, 0.3) is 5.52 Å². The van der Waals surface area contributed by atoms with Crippen molar-refractivity contribution >= 4 is 11.3 Å². The maximum Gasteiger partial charge on any atom is 0.169 e. The van der Waals surface area contributed by atoms with Crippen molar-refractivity contribution in [3.8, 4) is 0 Å². The molecule has 17 heavy (non-hydrogen) atoms. The molecule has 0 amide bonds. The van der Waals surface area contributed by atoms with E-state index in [-0.39, 0.29) is 5.52 Å². The van der Waals surface area contributed by atoms with Gasteiger partial charge in [0.1, 0.15) is 0 Å². The van der Waals surface area contributed by atoms with Crippen LogP contribution in [-0.2, 0) is 0 Å². The van der Waals surface area contributed by atoms with Gasteiger partial charge in [0.2, 0.25) is 0 Å². The highest BCUT2D eigenvalue weighted by Gasteiger charge is 2.22. The average molecular weight is 242 g/mol. The van der Waals surface area contributed by atoms with Gasteiger partial charge in [0, 0.05) is 28.6 Å². The van der Waals surface area contributed by atoms with Gasteiger partial charge in [-0.25, -0.2) is 4.52 Å². The van der Waals surface area contributed by atoms with Gasteiger partial charge in [-0.1, -0.05) is 33.5 Å². The first-order valence-corrected chi connectivity index (χ1v) is 4.88. The molecule has 0 radical (unpaired) electrons. The number of Topliss-reactive ketones (excluding diaryl/α,β-unsaturated/α-hetero) is 1. The summed E-state index contributed by atoms with van der Waals surface area (Å²) in [5.41, 5.74) is -1.38. The molecule has 2 aromatic rings. The predicted octanol–water partition coefficient (Wildman–Crippen LogP) is 3.30. The van der Waals surface area contributed by atoms with Gasteiger partial charge in [-0.2, -0.15) is 5.10 Å². The Morgan fingerprint density at radius 3 is 2.88 bits per heavy atom. The van der Waals surface area contributed by atoms with E-state index in [0.717, 1.165) is 4.52 Å². The number of hydrogen-bond acceptors (Lipinski definition) is 2. The topological polar surface area (TPSA) is 34.4 Å². The molecule has 0 atom stereocenters. The first-order valence-electron chi connectivity index (χ1n) is 10.9.